The number of aromatic carboxylic acids is 1. The van der Waals surface area contributed by atoms with Crippen LogP contribution in [0.2, 0.25) is 0 Å². The molecule has 0 aliphatic heterocycles. The van der Waals surface area contributed by atoms with Crippen molar-refractivity contribution in [1.82, 2.24) is 4.98 Å². The second-order valence-electron chi connectivity index (χ2n) is 4.17. The Kier molecular flexibility index (Phi) is 4.27. The first-order valence-corrected chi connectivity index (χ1v) is 6.35. The predicted octanol–water partition coefficient (Wildman–Crippen LogP) is 2.57. The summed E-state index contributed by atoms with van der Waals surface area (Å²) in [5, 5.41) is 9.23. The number of aromatic nitrogens is 1. The Balaban J connectivity index is 2.68. The van der Waals surface area contributed by atoms with Gasteiger partial charge in [0.1, 0.15) is 5.56 Å². The monoisotopic (exact) mass is 289 g/mol. The van der Waals surface area contributed by atoms with Crippen LogP contribution in [0.4, 0.5) is 0 Å². The van der Waals surface area contributed by atoms with Crippen LogP contribution in [0.5, 0.6) is 5.75 Å². The molecule has 0 bridgehead atoms. The third-order valence-electron chi connectivity index (χ3n) is 2.91. The van der Waals surface area contributed by atoms with Crippen molar-refractivity contribution in [3.8, 4) is 17.0 Å². The number of carbonyl (C=O) groups is 2. The maximum atomic E-state index is 12.1. The van der Waals surface area contributed by atoms with E-state index in [0.717, 1.165) is 0 Å². The molecule has 1 aromatic heterocycles. The summed E-state index contributed by atoms with van der Waals surface area (Å²) in [6.45, 7) is 1.86. The molecule has 0 saturated carbocycles. The number of aromatic amines is 1. The second kappa shape index (κ2) is 6.13. The Hall–Kier alpha value is -2.76. The number of rotatable bonds is 5. The molecule has 0 aliphatic carbocycles. The van der Waals surface area contributed by atoms with E-state index in [0.29, 0.717) is 11.3 Å². The molecule has 2 rings (SSSR count). The highest BCUT2D eigenvalue weighted by atomic mass is 16.5. The molecule has 0 aliphatic rings. The van der Waals surface area contributed by atoms with E-state index in [-0.39, 0.29) is 23.6 Å². The maximum Gasteiger partial charge on any atom is 0.356 e. The Labute approximate surface area is 121 Å². The fourth-order valence-electron chi connectivity index (χ4n) is 2.06. The molecule has 6 heteroatoms. The fourth-order valence-corrected chi connectivity index (χ4v) is 2.06. The summed E-state index contributed by atoms with van der Waals surface area (Å²) < 4.78 is 10.1. The normalized spacial score (nSPS) is 10.2. The van der Waals surface area contributed by atoms with Gasteiger partial charge in [0.15, 0.2) is 11.4 Å². The molecule has 0 fully saturated rings. The highest BCUT2D eigenvalue weighted by molar-refractivity contribution is 6.04. The molecule has 2 N–H and O–H groups in total. The van der Waals surface area contributed by atoms with E-state index in [9.17, 15) is 14.7 Å². The van der Waals surface area contributed by atoms with Gasteiger partial charge in [-0.2, -0.15) is 0 Å². The number of hydrogen-bond acceptors (Lipinski definition) is 4. The standard InChI is InChI=1S/C15H15NO5/c1-3-21-15(19)10-11(9-7-5-4-6-8-9)16-12(14(17)18)13(10)20-2/h4-8,16H,3H2,1-2H3,(H,17,18). The van der Waals surface area contributed by atoms with Gasteiger partial charge in [0, 0.05) is 0 Å². The highest BCUT2D eigenvalue weighted by Gasteiger charge is 2.28. The summed E-state index contributed by atoms with van der Waals surface area (Å²) in [6.07, 6.45) is 0. The molecule has 2 aromatic rings. The molecule has 0 saturated heterocycles. The topological polar surface area (TPSA) is 88.6 Å². The van der Waals surface area contributed by atoms with E-state index in [1.54, 1.807) is 31.2 Å². The van der Waals surface area contributed by atoms with Crippen LogP contribution in [-0.4, -0.2) is 35.7 Å². The lowest BCUT2D eigenvalue weighted by molar-refractivity contribution is 0.0524. The molecule has 110 valence electrons. The van der Waals surface area contributed by atoms with Crippen LogP contribution in [0.3, 0.4) is 0 Å². The first-order valence-electron chi connectivity index (χ1n) is 6.35. The zero-order chi connectivity index (χ0) is 15.4. The Morgan fingerprint density at radius 3 is 2.43 bits per heavy atom. The van der Waals surface area contributed by atoms with Gasteiger partial charge in [0.25, 0.3) is 0 Å². The molecule has 0 unspecified atom stereocenters. The van der Waals surface area contributed by atoms with Gasteiger partial charge in [0.2, 0.25) is 0 Å². The number of hydrogen-bond donors (Lipinski definition) is 2. The van der Waals surface area contributed by atoms with Crippen LogP contribution in [-0.2, 0) is 4.74 Å². The average molecular weight is 289 g/mol. The zero-order valence-electron chi connectivity index (χ0n) is 11.7. The van der Waals surface area contributed by atoms with Gasteiger partial charge in [0.05, 0.1) is 19.4 Å². The molecule has 1 heterocycles. The van der Waals surface area contributed by atoms with E-state index in [1.807, 2.05) is 6.07 Å². The van der Waals surface area contributed by atoms with E-state index in [2.05, 4.69) is 4.98 Å². The van der Waals surface area contributed by atoms with Crippen LogP contribution >= 0.6 is 0 Å². The number of carboxylic acid groups (broad SMARTS) is 1. The average Bonchev–Trinajstić information content (AvgIpc) is 2.88. The summed E-state index contributed by atoms with van der Waals surface area (Å²) in [4.78, 5) is 26.2. The number of ether oxygens (including phenoxy) is 2. The van der Waals surface area contributed by atoms with Gasteiger partial charge in [-0.25, -0.2) is 9.59 Å². The molecular formula is C15H15NO5. The van der Waals surface area contributed by atoms with E-state index < -0.39 is 11.9 Å². The van der Waals surface area contributed by atoms with Gasteiger partial charge in [-0.3, -0.25) is 0 Å². The molecular weight excluding hydrogens is 274 g/mol. The summed E-state index contributed by atoms with van der Waals surface area (Å²) in [7, 11) is 1.31. The lowest BCUT2D eigenvalue weighted by atomic mass is 10.1. The molecule has 6 nitrogen and oxygen atoms in total. The lowest BCUT2D eigenvalue weighted by Gasteiger charge is -2.06. The van der Waals surface area contributed by atoms with Crippen molar-refractivity contribution in [3.63, 3.8) is 0 Å². The molecule has 0 radical (unpaired) electrons. The second-order valence-corrected chi connectivity index (χ2v) is 4.17. The number of carboxylic acids is 1. The quantitative estimate of drug-likeness (QED) is 0.826. The minimum Gasteiger partial charge on any atom is -0.493 e. The molecule has 0 spiro atoms. The predicted molar refractivity (Wildman–Crippen MR) is 75.7 cm³/mol. The van der Waals surface area contributed by atoms with E-state index in [1.165, 1.54) is 7.11 Å². The molecule has 0 amide bonds. The third kappa shape index (κ3) is 2.74. The van der Waals surface area contributed by atoms with E-state index >= 15 is 0 Å². The number of benzene rings is 1. The van der Waals surface area contributed by atoms with Gasteiger partial charge in [-0.15, -0.1) is 0 Å². The highest BCUT2D eigenvalue weighted by Crippen LogP contribution is 2.34. The zero-order valence-corrected chi connectivity index (χ0v) is 11.7. The number of methoxy groups -OCH3 is 1. The third-order valence-corrected chi connectivity index (χ3v) is 2.91. The Morgan fingerprint density at radius 1 is 1.24 bits per heavy atom. The van der Waals surface area contributed by atoms with Crippen LogP contribution < -0.4 is 4.74 Å². The summed E-state index contributed by atoms with van der Waals surface area (Å²) in [6, 6.07) is 8.93. The van der Waals surface area contributed by atoms with Crippen molar-refractivity contribution in [1.29, 1.82) is 0 Å². The Morgan fingerprint density at radius 2 is 1.90 bits per heavy atom. The molecule has 1 aromatic carbocycles. The minimum atomic E-state index is -1.21. The number of H-pyrrole nitrogens is 1. The van der Waals surface area contributed by atoms with Crippen LogP contribution in [0, 0.1) is 0 Å². The smallest absolute Gasteiger partial charge is 0.356 e. The first-order chi connectivity index (χ1) is 10.1. The van der Waals surface area contributed by atoms with Crippen molar-refractivity contribution < 1.29 is 24.2 Å². The van der Waals surface area contributed by atoms with Crippen LogP contribution in [0.1, 0.15) is 27.8 Å². The summed E-state index contributed by atoms with van der Waals surface area (Å²) >= 11 is 0. The fraction of sp³-hybridized carbons (Fsp3) is 0.200. The van der Waals surface area contributed by atoms with Crippen molar-refractivity contribution in [2.45, 2.75) is 6.92 Å². The molecule has 0 atom stereocenters. The van der Waals surface area contributed by atoms with Crippen molar-refractivity contribution in [2.24, 2.45) is 0 Å². The number of carbonyl (C=O) groups excluding carboxylic acids is 1. The largest absolute Gasteiger partial charge is 0.493 e. The summed E-state index contributed by atoms with van der Waals surface area (Å²) in [5.74, 6) is -1.86. The van der Waals surface area contributed by atoms with Gasteiger partial charge in [-0.1, -0.05) is 30.3 Å². The van der Waals surface area contributed by atoms with Gasteiger partial charge in [-0.05, 0) is 12.5 Å². The molecule has 21 heavy (non-hydrogen) atoms. The van der Waals surface area contributed by atoms with Crippen molar-refractivity contribution >= 4 is 11.9 Å². The minimum absolute atomic E-state index is 0.0280. The van der Waals surface area contributed by atoms with Gasteiger partial charge < -0.3 is 19.6 Å². The van der Waals surface area contributed by atoms with Gasteiger partial charge >= 0.3 is 11.9 Å². The lowest BCUT2D eigenvalue weighted by Crippen LogP contribution is -2.07. The van der Waals surface area contributed by atoms with Crippen LogP contribution in [0.25, 0.3) is 11.3 Å². The Bertz CT molecular complexity index is 660. The summed E-state index contributed by atoms with van der Waals surface area (Å²) in [5.41, 5.74) is 0.942. The number of esters is 1. The maximum absolute atomic E-state index is 12.1. The number of nitrogens with one attached hydrogen (secondary N) is 1. The van der Waals surface area contributed by atoms with E-state index in [4.69, 9.17) is 9.47 Å². The van der Waals surface area contributed by atoms with Crippen molar-refractivity contribution in [2.75, 3.05) is 13.7 Å². The SMILES string of the molecule is CCOC(=O)c1c(-c2ccccc2)[nH]c(C(=O)O)c1OC. The first kappa shape index (κ1) is 14.6. The van der Waals surface area contributed by atoms with Crippen LogP contribution in [0.15, 0.2) is 30.3 Å². The van der Waals surface area contributed by atoms with Crippen molar-refractivity contribution in [3.05, 3.63) is 41.6 Å².